The van der Waals surface area contributed by atoms with Crippen LogP contribution in [-0.4, -0.2) is 20.0 Å². The van der Waals surface area contributed by atoms with Crippen LogP contribution in [0.4, 0.5) is 0 Å². The number of ether oxygens (including phenoxy) is 2. The number of hydrogen-bond acceptors (Lipinski definition) is 2. The lowest BCUT2D eigenvalue weighted by Gasteiger charge is -2.09. The van der Waals surface area contributed by atoms with E-state index in [1.165, 1.54) is 12.8 Å². The predicted molar refractivity (Wildman–Crippen MR) is 41.9 cm³/mol. The molecule has 0 aromatic carbocycles. The van der Waals surface area contributed by atoms with Crippen LogP contribution in [0.5, 0.6) is 0 Å². The van der Waals surface area contributed by atoms with E-state index in [9.17, 15) is 0 Å². The van der Waals surface area contributed by atoms with Gasteiger partial charge in [0, 0.05) is 13.7 Å². The van der Waals surface area contributed by atoms with Crippen molar-refractivity contribution in [3.05, 3.63) is 0 Å². The molecule has 0 aliphatic rings. The van der Waals surface area contributed by atoms with E-state index < -0.39 is 0 Å². The van der Waals surface area contributed by atoms with Crippen LogP contribution < -0.4 is 0 Å². The Morgan fingerprint density at radius 3 is 2.50 bits per heavy atom. The fraction of sp³-hybridized carbons (Fsp3) is 1.00. The van der Waals surface area contributed by atoms with Crippen molar-refractivity contribution in [2.24, 2.45) is 0 Å². The van der Waals surface area contributed by atoms with E-state index in [1.54, 1.807) is 7.11 Å². The van der Waals surface area contributed by atoms with Gasteiger partial charge in [0.1, 0.15) is 0 Å². The molecular weight excluding hydrogens is 128 g/mol. The fourth-order valence-electron chi connectivity index (χ4n) is 0.669. The molecule has 2 heteroatoms. The smallest absolute Gasteiger partial charge is 0.154 e. The summed E-state index contributed by atoms with van der Waals surface area (Å²) in [7, 11) is 1.66. The molecule has 62 valence electrons. The van der Waals surface area contributed by atoms with Gasteiger partial charge in [-0.25, -0.2) is 0 Å². The lowest BCUT2D eigenvalue weighted by Crippen LogP contribution is -2.10. The second-order valence-corrected chi connectivity index (χ2v) is 2.38. The number of unbranched alkanes of at least 4 members (excludes halogenated alkanes) is 2. The molecule has 0 unspecified atom stereocenters. The standard InChI is InChI=1S/C8H18O2/c1-4-5-6-7-10-8(2)9-3/h8H,4-7H2,1-3H3/t8-/m1/s1. The first-order chi connectivity index (χ1) is 4.81. The summed E-state index contributed by atoms with van der Waals surface area (Å²) in [6, 6.07) is 0. The molecule has 0 spiro atoms. The molecule has 0 saturated heterocycles. The maximum Gasteiger partial charge on any atom is 0.154 e. The van der Waals surface area contributed by atoms with Gasteiger partial charge in [0.25, 0.3) is 0 Å². The Morgan fingerprint density at radius 1 is 1.30 bits per heavy atom. The number of hydrogen-bond donors (Lipinski definition) is 0. The van der Waals surface area contributed by atoms with Gasteiger partial charge in [0.15, 0.2) is 6.29 Å². The zero-order chi connectivity index (χ0) is 7.82. The van der Waals surface area contributed by atoms with Crippen molar-refractivity contribution in [2.75, 3.05) is 13.7 Å². The molecule has 0 bridgehead atoms. The predicted octanol–water partition coefficient (Wildman–Crippen LogP) is 2.19. The van der Waals surface area contributed by atoms with Crippen LogP contribution in [-0.2, 0) is 9.47 Å². The summed E-state index contributed by atoms with van der Waals surface area (Å²) in [6.07, 6.45) is 3.59. The van der Waals surface area contributed by atoms with Gasteiger partial charge in [-0.15, -0.1) is 0 Å². The summed E-state index contributed by atoms with van der Waals surface area (Å²) in [5.41, 5.74) is 0. The van der Waals surface area contributed by atoms with Crippen molar-refractivity contribution in [1.82, 2.24) is 0 Å². The monoisotopic (exact) mass is 146 g/mol. The highest BCUT2D eigenvalue weighted by molar-refractivity contribution is 4.36. The molecule has 0 fully saturated rings. The van der Waals surface area contributed by atoms with Gasteiger partial charge >= 0.3 is 0 Å². The van der Waals surface area contributed by atoms with Crippen molar-refractivity contribution < 1.29 is 9.47 Å². The van der Waals surface area contributed by atoms with Crippen molar-refractivity contribution in [3.8, 4) is 0 Å². The Kier molecular flexibility index (Phi) is 6.98. The van der Waals surface area contributed by atoms with Crippen LogP contribution in [0.25, 0.3) is 0 Å². The third-order valence-electron chi connectivity index (χ3n) is 1.43. The topological polar surface area (TPSA) is 18.5 Å². The van der Waals surface area contributed by atoms with Gasteiger partial charge in [-0.05, 0) is 13.3 Å². The molecule has 0 N–H and O–H groups in total. The molecule has 0 aromatic rings. The highest BCUT2D eigenvalue weighted by Gasteiger charge is 1.95. The maximum absolute atomic E-state index is 5.27. The van der Waals surface area contributed by atoms with Gasteiger partial charge in [-0.2, -0.15) is 0 Å². The second kappa shape index (κ2) is 7.03. The first-order valence-corrected chi connectivity index (χ1v) is 3.95. The van der Waals surface area contributed by atoms with Crippen LogP contribution in [0.2, 0.25) is 0 Å². The van der Waals surface area contributed by atoms with E-state index in [1.807, 2.05) is 6.92 Å². The SMILES string of the molecule is CCCCCO[C@H](C)OC. The van der Waals surface area contributed by atoms with E-state index in [2.05, 4.69) is 6.92 Å². The first-order valence-electron chi connectivity index (χ1n) is 3.95. The molecular formula is C8H18O2. The van der Waals surface area contributed by atoms with Crippen molar-refractivity contribution in [2.45, 2.75) is 39.4 Å². The summed E-state index contributed by atoms with van der Waals surface area (Å²) in [4.78, 5) is 0. The van der Waals surface area contributed by atoms with E-state index in [0.717, 1.165) is 13.0 Å². The van der Waals surface area contributed by atoms with E-state index >= 15 is 0 Å². The third kappa shape index (κ3) is 6.05. The van der Waals surface area contributed by atoms with Crippen LogP contribution in [0.3, 0.4) is 0 Å². The van der Waals surface area contributed by atoms with Gasteiger partial charge in [0.2, 0.25) is 0 Å². The van der Waals surface area contributed by atoms with E-state index in [4.69, 9.17) is 9.47 Å². The Bertz CT molecular complexity index is 64.3. The molecule has 0 rings (SSSR count). The molecule has 0 saturated carbocycles. The van der Waals surface area contributed by atoms with Gasteiger partial charge < -0.3 is 9.47 Å². The molecule has 0 heterocycles. The molecule has 10 heavy (non-hydrogen) atoms. The number of methoxy groups -OCH3 is 1. The average molecular weight is 146 g/mol. The van der Waals surface area contributed by atoms with E-state index in [0.29, 0.717) is 0 Å². The molecule has 1 atom stereocenters. The van der Waals surface area contributed by atoms with Gasteiger partial charge in [0.05, 0.1) is 0 Å². The molecule has 0 aliphatic carbocycles. The number of rotatable bonds is 6. The summed E-state index contributed by atoms with van der Waals surface area (Å²) in [5, 5.41) is 0. The van der Waals surface area contributed by atoms with Crippen LogP contribution in [0, 0.1) is 0 Å². The van der Waals surface area contributed by atoms with Crippen LogP contribution >= 0.6 is 0 Å². The summed E-state index contributed by atoms with van der Waals surface area (Å²) in [6.45, 7) is 4.91. The van der Waals surface area contributed by atoms with E-state index in [-0.39, 0.29) is 6.29 Å². The molecule has 0 aliphatic heterocycles. The minimum Gasteiger partial charge on any atom is -0.356 e. The minimum atomic E-state index is -0.0446. The lowest BCUT2D eigenvalue weighted by atomic mass is 10.3. The second-order valence-electron chi connectivity index (χ2n) is 2.38. The van der Waals surface area contributed by atoms with Gasteiger partial charge in [-0.3, -0.25) is 0 Å². The Hall–Kier alpha value is -0.0800. The van der Waals surface area contributed by atoms with Gasteiger partial charge in [-0.1, -0.05) is 19.8 Å². The summed E-state index contributed by atoms with van der Waals surface area (Å²) < 4.78 is 10.2. The largest absolute Gasteiger partial charge is 0.356 e. The molecule has 0 radical (unpaired) electrons. The lowest BCUT2D eigenvalue weighted by molar-refractivity contribution is -0.111. The quantitative estimate of drug-likeness (QED) is 0.422. The van der Waals surface area contributed by atoms with Crippen LogP contribution in [0.15, 0.2) is 0 Å². The summed E-state index contributed by atoms with van der Waals surface area (Å²) in [5.74, 6) is 0. The zero-order valence-corrected chi connectivity index (χ0v) is 7.22. The molecule has 0 amide bonds. The molecule has 0 aromatic heterocycles. The minimum absolute atomic E-state index is 0.0446. The van der Waals surface area contributed by atoms with Crippen LogP contribution in [0.1, 0.15) is 33.1 Å². The maximum atomic E-state index is 5.27. The highest BCUT2D eigenvalue weighted by atomic mass is 16.7. The summed E-state index contributed by atoms with van der Waals surface area (Å²) >= 11 is 0. The fourth-order valence-corrected chi connectivity index (χ4v) is 0.669. The first kappa shape index (κ1) is 9.92. The van der Waals surface area contributed by atoms with Crippen molar-refractivity contribution >= 4 is 0 Å². The third-order valence-corrected chi connectivity index (χ3v) is 1.43. The zero-order valence-electron chi connectivity index (χ0n) is 7.22. The van der Waals surface area contributed by atoms with Crippen molar-refractivity contribution in [1.29, 1.82) is 0 Å². The highest BCUT2D eigenvalue weighted by Crippen LogP contribution is 1.97. The Balaban J connectivity index is 2.89. The Labute approximate surface area is 63.5 Å². The normalized spacial score (nSPS) is 13.5. The Morgan fingerprint density at radius 2 is 2.00 bits per heavy atom. The molecule has 2 nitrogen and oxygen atoms in total. The average Bonchev–Trinajstić information content (AvgIpc) is 1.98. The van der Waals surface area contributed by atoms with Crippen molar-refractivity contribution in [3.63, 3.8) is 0 Å².